The highest BCUT2D eigenvalue weighted by molar-refractivity contribution is 7.13. The van der Waals surface area contributed by atoms with Crippen LogP contribution in [0.5, 0.6) is 11.5 Å². The largest absolute Gasteiger partial charge is 0.507 e. The van der Waals surface area contributed by atoms with Gasteiger partial charge in [0.2, 0.25) is 5.82 Å². The van der Waals surface area contributed by atoms with E-state index >= 15 is 0 Å². The van der Waals surface area contributed by atoms with Crippen molar-refractivity contribution < 1.29 is 14.4 Å². The summed E-state index contributed by atoms with van der Waals surface area (Å²) in [7, 11) is 1.56. The first-order valence-corrected chi connectivity index (χ1v) is 6.41. The molecule has 19 heavy (non-hydrogen) atoms. The van der Waals surface area contributed by atoms with E-state index < -0.39 is 0 Å². The number of rotatable bonds is 3. The Kier molecular flexibility index (Phi) is 2.92. The standard InChI is InChI=1S/C13H10N2O3S/c1-17-8-4-5-10(16)9(7-8)13-14-12(15-18-13)11-3-2-6-19-11/h2-7,16H,1H3. The van der Waals surface area contributed by atoms with Crippen molar-refractivity contribution in [2.75, 3.05) is 7.11 Å². The summed E-state index contributed by atoms with van der Waals surface area (Å²) in [5.41, 5.74) is 0.453. The molecule has 1 N–H and O–H groups in total. The molecule has 0 bridgehead atoms. The van der Waals surface area contributed by atoms with Crippen LogP contribution in [-0.4, -0.2) is 22.4 Å². The van der Waals surface area contributed by atoms with Gasteiger partial charge >= 0.3 is 0 Å². The summed E-state index contributed by atoms with van der Waals surface area (Å²) in [6.45, 7) is 0. The molecule has 6 heteroatoms. The third-order valence-electron chi connectivity index (χ3n) is 2.60. The lowest BCUT2D eigenvalue weighted by Gasteiger charge is -2.02. The van der Waals surface area contributed by atoms with Gasteiger partial charge in [0, 0.05) is 0 Å². The van der Waals surface area contributed by atoms with E-state index in [1.54, 1.807) is 19.2 Å². The first-order chi connectivity index (χ1) is 9.28. The molecule has 0 saturated carbocycles. The van der Waals surface area contributed by atoms with Gasteiger partial charge in [0.1, 0.15) is 11.5 Å². The maximum atomic E-state index is 9.84. The molecule has 0 atom stereocenters. The zero-order valence-electron chi connectivity index (χ0n) is 10.0. The minimum absolute atomic E-state index is 0.0715. The number of ether oxygens (including phenoxy) is 1. The number of phenolic OH excluding ortho intramolecular Hbond substituents is 1. The summed E-state index contributed by atoms with van der Waals surface area (Å²) in [6, 6.07) is 8.67. The molecule has 3 aromatic rings. The summed E-state index contributed by atoms with van der Waals surface area (Å²) < 4.78 is 10.3. The Morgan fingerprint density at radius 3 is 2.95 bits per heavy atom. The molecule has 3 rings (SSSR count). The van der Waals surface area contributed by atoms with Gasteiger partial charge in [-0.05, 0) is 29.6 Å². The molecule has 0 radical (unpaired) electrons. The van der Waals surface area contributed by atoms with E-state index in [2.05, 4.69) is 10.1 Å². The minimum atomic E-state index is 0.0715. The molecule has 96 valence electrons. The topological polar surface area (TPSA) is 68.4 Å². The summed E-state index contributed by atoms with van der Waals surface area (Å²) in [6.07, 6.45) is 0. The minimum Gasteiger partial charge on any atom is -0.507 e. The van der Waals surface area contributed by atoms with Crippen LogP contribution in [0, 0.1) is 0 Å². The summed E-state index contributed by atoms with van der Waals surface area (Å²) in [5, 5.41) is 15.7. The fourth-order valence-corrected chi connectivity index (χ4v) is 2.30. The van der Waals surface area contributed by atoms with Gasteiger partial charge in [-0.25, -0.2) is 0 Å². The lowest BCUT2D eigenvalue weighted by Crippen LogP contribution is -1.85. The quantitative estimate of drug-likeness (QED) is 0.794. The fourth-order valence-electron chi connectivity index (χ4n) is 1.65. The Morgan fingerprint density at radius 1 is 1.32 bits per heavy atom. The molecule has 0 aliphatic heterocycles. The monoisotopic (exact) mass is 274 g/mol. The van der Waals surface area contributed by atoms with Gasteiger partial charge in [0.15, 0.2) is 0 Å². The summed E-state index contributed by atoms with van der Waals surface area (Å²) >= 11 is 1.52. The van der Waals surface area contributed by atoms with E-state index in [9.17, 15) is 5.11 Å². The number of aromatic nitrogens is 2. The van der Waals surface area contributed by atoms with Crippen LogP contribution < -0.4 is 4.74 Å². The number of phenols is 1. The van der Waals surface area contributed by atoms with Crippen molar-refractivity contribution in [1.29, 1.82) is 0 Å². The molecular formula is C13H10N2O3S. The smallest absolute Gasteiger partial charge is 0.262 e. The zero-order valence-corrected chi connectivity index (χ0v) is 10.8. The summed E-state index contributed by atoms with van der Waals surface area (Å²) in [4.78, 5) is 5.19. The molecule has 2 heterocycles. The molecule has 0 unspecified atom stereocenters. The molecular weight excluding hydrogens is 264 g/mol. The first kappa shape index (κ1) is 11.7. The van der Waals surface area contributed by atoms with E-state index in [0.29, 0.717) is 17.1 Å². The van der Waals surface area contributed by atoms with E-state index in [1.807, 2.05) is 17.5 Å². The van der Waals surface area contributed by atoms with Gasteiger partial charge in [-0.15, -0.1) is 11.3 Å². The fraction of sp³-hybridized carbons (Fsp3) is 0.0769. The Morgan fingerprint density at radius 2 is 2.21 bits per heavy atom. The van der Waals surface area contributed by atoms with Crippen LogP contribution >= 0.6 is 11.3 Å². The normalized spacial score (nSPS) is 10.6. The first-order valence-electron chi connectivity index (χ1n) is 5.53. The Labute approximate surface area is 113 Å². The Hall–Kier alpha value is -2.34. The highest BCUT2D eigenvalue weighted by atomic mass is 32.1. The molecule has 0 aliphatic carbocycles. The van der Waals surface area contributed by atoms with Crippen LogP contribution in [0.3, 0.4) is 0 Å². The average molecular weight is 274 g/mol. The van der Waals surface area contributed by atoms with Crippen molar-refractivity contribution in [2.24, 2.45) is 0 Å². The molecule has 5 nitrogen and oxygen atoms in total. The van der Waals surface area contributed by atoms with E-state index in [1.165, 1.54) is 17.4 Å². The van der Waals surface area contributed by atoms with E-state index in [4.69, 9.17) is 9.26 Å². The van der Waals surface area contributed by atoms with Crippen LogP contribution in [0.15, 0.2) is 40.2 Å². The number of benzene rings is 1. The van der Waals surface area contributed by atoms with Crippen molar-refractivity contribution in [1.82, 2.24) is 10.1 Å². The van der Waals surface area contributed by atoms with Gasteiger partial charge in [0.25, 0.3) is 5.89 Å². The van der Waals surface area contributed by atoms with Crippen molar-refractivity contribution in [2.45, 2.75) is 0 Å². The molecule has 0 spiro atoms. The number of nitrogens with zero attached hydrogens (tertiary/aromatic N) is 2. The van der Waals surface area contributed by atoms with E-state index in [-0.39, 0.29) is 11.6 Å². The third kappa shape index (κ3) is 2.17. The zero-order chi connectivity index (χ0) is 13.2. The maximum Gasteiger partial charge on any atom is 0.262 e. The highest BCUT2D eigenvalue weighted by Crippen LogP contribution is 2.33. The van der Waals surface area contributed by atoms with Crippen LogP contribution in [0.1, 0.15) is 0 Å². The highest BCUT2D eigenvalue weighted by Gasteiger charge is 2.15. The van der Waals surface area contributed by atoms with Crippen molar-refractivity contribution in [3.05, 3.63) is 35.7 Å². The van der Waals surface area contributed by atoms with Crippen LogP contribution in [-0.2, 0) is 0 Å². The number of hydrogen-bond donors (Lipinski definition) is 1. The molecule has 0 saturated heterocycles. The second kappa shape index (κ2) is 4.74. The van der Waals surface area contributed by atoms with Crippen LogP contribution in [0.25, 0.3) is 22.2 Å². The van der Waals surface area contributed by atoms with Gasteiger partial charge in [0.05, 0.1) is 17.6 Å². The SMILES string of the molecule is COc1ccc(O)c(-c2nc(-c3cccs3)no2)c1. The number of hydrogen-bond acceptors (Lipinski definition) is 6. The van der Waals surface area contributed by atoms with E-state index in [0.717, 1.165) is 4.88 Å². The lowest BCUT2D eigenvalue weighted by atomic mass is 10.2. The van der Waals surface area contributed by atoms with Gasteiger partial charge in [-0.2, -0.15) is 4.98 Å². The van der Waals surface area contributed by atoms with Crippen molar-refractivity contribution in [3.8, 4) is 33.7 Å². The molecule has 0 aliphatic rings. The molecule has 0 fully saturated rings. The average Bonchev–Trinajstić information content (AvgIpc) is 3.10. The maximum absolute atomic E-state index is 9.84. The third-order valence-corrected chi connectivity index (χ3v) is 3.47. The Balaban J connectivity index is 2.03. The second-order valence-corrected chi connectivity index (χ2v) is 4.73. The van der Waals surface area contributed by atoms with Gasteiger partial charge in [-0.1, -0.05) is 11.2 Å². The number of aromatic hydroxyl groups is 1. The predicted molar refractivity (Wildman–Crippen MR) is 71.3 cm³/mol. The predicted octanol–water partition coefficient (Wildman–Crippen LogP) is 3.18. The summed E-state index contributed by atoms with van der Waals surface area (Å²) in [5.74, 6) is 1.46. The van der Waals surface area contributed by atoms with Gasteiger partial charge in [-0.3, -0.25) is 0 Å². The van der Waals surface area contributed by atoms with Crippen LogP contribution in [0.4, 0.5) is 0 Å². The second-order valence-electron chi connectivity index (χ2n) is 3.78. The number of methoxy groups -OCH3 is 1. The lowest BCUT2D eigenvalue weighted by molar-refractivity contribution is 0.408. The molecule has 2 aromatic heterocycles. The molecule has 0 amide bonds. The Bertz CT molecular complexity index is 692. The number of thiophene rings is 1. The molecule has 1 aromatic carbocycles. The van der Waals surface area contributed by atoms with Gasteiger partial charge < -0.3 is 14.4 Å². The van der Waals surface area contributed by atoms with Crippen LogP contribution in [0.2, 0.25) is 0 Å². The van der Waals surface area contributed by atoms with Crippen molar-refractivity contribution in [3.63, 3.8) is 0 Å². The van der Waals surface area contributed by atoms with Crippen molar-refractivity contribution >= 4 is 11.3 Å².